The normalized spacial score (nSPS) is 24.1. The van der Waals surface area contributed by atoms with Gasteiger partial charge in [0.2, 0.25) is 0 Å². The average molecular weight is 265 g/mol. The van der Waals surface area contributed by atoms with Crippen molar-refractivity contribution in [2.75, 3.05) is 13.2 Å². The molecule has 0 aliphatic heterocycles. The van der Waals surface area contributed by atoms with Crippen LogP contribution in [0.1, 0.15) is 45.4 Å². The van der Waals surface area contributed by atoms with Gasteiger partial charge < -0.3 is 15.0 Å². The van der Waals surface area contributed by atoms with E-state index in [9.17, 15) is 0 Å². The Hall–Kier alpha value is -0.870. The molecule has 4 heteroatoms. The zero-order valence-electron chi connectivity index (χ0n) is 12.2. The van der Waals surface area contributed by atoms with Crippen LogP contribution in [0.4, 0.5) is 0 Å². The van der Waals surface area contributed by atoms with E-state index in [0.29, 0.717) is 12.1 Å². The predicted octanol–water partition coefficient (Wildman–Crippen LogP) is 2.53. The molecule has 19 heavy (non-hydrogen) atoms. The lowest BCUT2D eigenvalue weighted by molar-refractivity contribution is -0.0290. The molecule has 1 aromatic rings. The van der Waals surface area contributed by atoms with E-state index in [1.165, 1.54) is 25.7 Å². The van der Waals surface area contributed by atoms with Crippen LogP contribution in [-0.4, -0.2) is 35.3 Å². The van der Waals surface area contributed by atoms with Crippen LogP contribution in [0.2, 0.25) is 0 Å². The van der Waals surface area contributed by atoms with Gasteiger partial charge >= 0.3 is 0 Å². The topological polar surface area (TPSA) is 49.9 Å². The predicted molar refractivity (Wildman–Crippen MR) is 77.1 cm³/mol. The van der Waals surface area contributed by atoms with Crippen LogP contribution in [0.3, 0.4) is 0 Å². The van der Waals surface area contributed by atoms with Gasteiger partial charge in [-0.2, -0.15) is 0 Å². The summed E-state index contributed by atoms with van der Waals surface area (Å²) in [5.74, 6) is 1.91. The van der Waals surface area contributed by atoms with Gasteiger partial charge in [-0.25, -0.2) is 4.98 Å². The smallest absolute Gasteiger partial charge is 0.107 e. The summed E-state index contributed by atoms with van der Waals surface area (Å²) < 4.78 is 5.64. The Morgan fingerprint density at radius 1 is 1.47 bits per heavy atom. The quantitative estimate of drug-likeness (QED) is 0.721. The lowest BCUT2D eigenvalue weighted by Crippen LogP contribution is -2.39. The first-order valence-electron chi connectivity index (χ1n) is 7.65. The van der Waals surface area contributed by atoms with E-state index in [1.807, 2.05) is 12.4 Å². The van der Waals surface area contributed by atoms with Crippen LogP contribution in [0.25, 0.3) is 0 Å². The number of aromatic nitrogens is 2. The summed E-state index contributed by atoms with van der Waals surface area (Å²) in [6.07, 6.45) is 10.1. The maximum absolute atomic E-state index is 5.64. The molecule has 1 aliphatic rings. The number of H-pyrrole nitrogens is 1. The number of imidazole rings is 1. The molecule has 1 saturated carbocycles. The van der Waals surface area contributed by atoms with Crippen LogP contribution in [0, 0.1) is 5.92 Å². The molecule has 0 bridgehead atoms. The van der Waals surface area contributed by atoms with Gasteiger partial charge in [-0.15, -0.1) is 0 Å². The van der Waals surface area contributed by atoms with Crippen molar-refractivity contribution in [2.24, 2.45) is 5.92 Å². The maximum Gasteiger partial charge on any atom is 0.107 e. The van der Waals surface area contributed by atoms with Crippen molar-refractivity contribution in [3.8, 4) is 0 Å². The van der Waals surface area contributed by atoms with Gasteiger partial charge in [-0.3, -0.25) is 0 Å². The first-order chi connectivity index (χ1) is 9.31. The second kappa shape index (κ2) is 7.65. The van der Waals surface area contributed by atoms with Crippen molar-refractivity contribution in [1.82, 2.24) is 15.3 Å². The maximum atomic E-state index is 5.64. The van der Waals surface area contributed by atoms with Gasteiger partial charge in [-0.05, 0) is 45.1 Å². The Morgan fingerprint density at radius 2 is 2.32 bits per heavy atom. The molecule has 1 unspecified atom stereocenters. The van der Waals surface area contributed by atoms with Gasteiger partial charge in [0.1, 0.15) is 5.82 Å². The van der Waals surface area contributed by atoms with Gasteiger partial charge in [0.05, 0.1) is 6.10 Å². The largest absolute Gasteiger partial charge is 0.378 e. The van der Waals surface area contributed by atoms with Gasteiger partial charge in [-0.1, -0.05) is 6.92 Å². The number of nitrogens with zero attached hydrogens (tertiary/aromatic N) is 1. The van der Waals surface area contributed by atoms with Crippen molar-refractivity contribution < 1.29 is 4.74 Å². The Balaban J connectivity index is 1.74. The molecule has 2 N–H and O–H groups in total. The number of ether oxygens (including phenoxy) is 1. The Kier molecular flexibility index (Phi) is 5.86. The van der Waals surface area contributed by atoms with Crippen LogP contribution < -0.4 is 5.32 Å². The lowest BCUT2D eigenvalue weighted by Gasteiger charge is -2.37. The number of hydrogen-bond acceptors (Lipinski definition) is 3. The first-order valence-corrected chi connectivity index (χ1v) is 7.65. The molecule has 0 radical (unpaired) electrons. The molecule has 1 atom stereocenters. The first kappa shape index (κ1) is 14.5. The van der Waals surface area contributed by atoms with E-state index in [1.54, 1.807) is 0 Å². The van der Waals surface area contributed by atoms with Gasteiger partial charge in [0.25, 0.3) is 0 Å². The van der Waals surface area contributed by atoms with Gasteiger partial charge in [0, 0.05) is 31.5 Å². The van der Waals surface area contributed by atoms with Crippen LogP contribution in [0.5, 0.6) is 0 Å². The third-order valence-electron chi connectivity index (χ3n) is 3.89. The number of rotatable bonds is 9. The molecular weight excluding hydrogens is 238 g/mol. The number of nitrogens with one attached hydrogen (secondary N) is 2. The molecule has 1 aliphatic carbocycles. The van der Waals surface area contributed by atoms with Crippen molar-refractivity contribution in [3.63, 3.8) is 0 Å². The SMILES string of the molecule is CCCNC(Cc1ncc[nH]1)CC1CC(OCC)C1. The fraction of sp³-hybridized carbons (Fsp3) is 0.800. The monoisotopic (exact) mass is 265 g/mol. The van der Waals surface area contributed by atoms with E-state index in [2.05, 4.69) is 29.1 Å². The number of hydrogen-bond donors (Lipinski definition) is 2. The molecule has 2 rings (SSSR count). The van der Waals surface area contributed by atoms with Crippen molar-refractivity contribution in [3.05, 3.63) is 18.2 Å². The van der Waals surface area contributed by atoms with E-state index in [0.717, 1.165) is 31.3 Å². The molecule has 108 valence electrons. The van der Waals surface area contributed by atoms with E-state index in [-0.39, 0.29) is 0 Å². The van der Waals surface area contributed by atoms with Crippen molar-refractivity contribution >= 4 is 0 Å². The molecule has 1 aromatic heterocycles. The molecule has 0 aromatic carbocycles. The summed E-state index contributed by atoms with van der Waals surface area (Å²) in [6, 6.07) is 0.540. The Morgan fingerprint density at radius 3 is 2.95 bits per heavy atom. The summed E-state index contributed by atoms with van der Waals surface area (Å²) in [4.78, 5) is 7.55. The fourth-order valence-electron chi connectivity index (χ4n) is 2.87. The minimum Gasteiger partial charge on any atom is -0.378 e. The highest BCUT2D eigenvalue weighted by molar-refractivity contribution is 4.93. The van der Waals surface area contributed by atoms with Crippen LogP contribution in [-0.2, 0) is 11.2 Å². The minimum atomic E-state index is 0.519. The summed E-state index contributed by atoms with van der Waals surface area (Å²) in [5.41, 5.74) is 0. The molecular formula is C15H27N3O. The Labute approximate surface area is 116 Å². The highest BCUT2D eigenvalue weighted by atomic mass is 16.5. The summed E-state index contributed by atoms with van der Waals surface area (Å²) >= 11 is 0. The highest BCUT2D eigenvalue weighted by Crippen LogP contribution is 2.33. The molecule has 1 heterocycles. The minimum absolute atomic E-state index is 0.519. The Bertz CT molecular complexity index is 333. The third-order valence-corrected chi connectivity index (χ3v) is 3.89. The summed E-state index contributed by atoms with van der Waals surface area (Å²) in [6.45, 7) is 6.23. The zero-order chi connectivity index (χ0) is 13.5. The summed E-state index contributed by atoms with van der Waals surface area (Å²) in [7, 11) is 0. The third kappa shape index (κ3) is 4.62. The summed E-state index contributed by atoms with van der Waals surface area (Å²) in [5, 5.41) is 3.65. The van der Waals surface area contributed by atoms with Crippen molar-refractivity contribution in [1.29, 1.82) is 0 Å². The van der Waals surface area contributed by atoms with E-state index < -0.39 is 0 Å². The fourth-order valence-corrected chi connectivity index (χ4v) is 2.87. The van der Waals surface area contributed by atoms with Crippen LogP contribution >= 0.6 is 0 Å². The van der Waals surface area contributed by atoms with E-state index in [4.69, 9.17) is 4.74 Å². The lowest BCUT2D eigenvalue weighted by atomic mass is 9.77. The zero-order valence-corrected chi connectivity index (χ0v) is 12.2. The molecule has 1 fully saturated rings. The highest BCUT2D eigenvalue weighted by Gasteiger charge is 2.31. The second-order valence-corrected chi connectivity index (χ2v) is 5.54. The van der Waals surface area contributed by atoms with Crippen LogP contribution in [0.15, 0.2) is 12.4 Å². The van der Waals surface area contributed by atoms with Crippen molar-refractivity contribution in [2.45, 2.75) is 58.1 Å². The molecule has 4 nitrogen and oxygen atoms in total. The molecule has 0 saturated heterocycles. The molecule has 0 amide bonds. The average Bonchev–Trinajstić information content (AvgIpc) is 2.86. The van der Waals surface area contributed by atoms with E-state index >= 15 is 0 Å². The second-order valence-electron chi connectivity index (χ2n) is 5.54. The number of aromatic amines is 1. The standard InChI is InChI=1S/C15H27N3O/c1-3-5-16-13(11-15-17-6-7-18-15)8-12-9-14(10-12)19-4-2/h6-7,12-14,16H,3-5,8-11H2,1-2H3,(H,17,18). The molecule has 0 spiro atoms. The van der Waals surface area contributed by atoms with Gasteiger partial charge in [0.15, 0.2) is 0 Å².